The zero-order valence-electron chi connectivity index (χ0n) is 12.6. The minimum atomic E-state index is -0.106. The number of likely N-dealkylation sites (tertiary alicyclic amines) is 1. The second-order valence-corrected chi connectivity index (χ2v) is 5.72. The van der Waals surface area contributed by atoms with Crippen LogP contribution >= 0.6 is 0 Å². The summed E-state index contributed by atoms with van der Waals surface area (Å²) in [7, 11) is 0. The molecule has 1 aromatic heterocycles. The highest BCUT2D eigenvalue weighted by molar-refractivity contribution is 5.97. The van der Waals surface area contributed by atoms with Crippen LogP contribution in [0.1, 0.15) is 45.7 Å². The largest absolute Gasteiger partial charge is 0.459 e. The first-order valence-electron chi connectivity index (χ1n) is 7.60. The van der Waals surface area contributed by atoms with Crippen LogP contribution in [0, 0.1) is 6.92 Å². The van der Waals surface area contributed by atoms with E-state index in [1.165, 1.54) is 6.26 Å². The topological polar surface area (TPSA) is 50.5 Å². The summed E-state index contributed by atoms with van der Waals surface area (Å²) in [6.07, 6.45) is 3.70. The van der Waals surface area contributed by atoms with Crippen LogP contribution in [0.4, 0.5) is 0 Å². The molecular weight excluding hydrogens is 278 g/mol. The number of furan rings is 1. The maximum atomic E-state index is 12.6. The Balaban J connectivity index is 1.72. The minimum Gasteiger partial charge on any atom is -0.459 e. The molecule has 0 N–H and O–H groups in total. The average Bonchev–Trinajstić information content (AvgIpc) is 3.16. The molecule has 0 spiro atoms. The lowest BCUT2D eigenvalue weighted by Gasteiger charge is -2.23. The molecule has 22 heavy (non-hydrogen) atoms. The molecule has 1 fully saturated rings. The summed E-state index contributed by atoms with van der Waals surface area (Å²) >= 11 is 0. The highest BCUT2D eigenvalue weighted by Gasteiger charge is 2.32. The molecule has 1 aliphatic heterocycles. The first kappa shape index (κ1) is 14.6. The lowest BCUT2D eigenvalue weighted by molar-refractivity contribution is 0.0686. The summed E-state index contributed by atoms with van der Waals surface area (Å²) < 4.78 is 5.30. The number of Topliss-reactive ketones (excluding diaryl/α,β-unsaturated/α-hetero) is 1. The predicted molar refractivity (Wildman–Crippen MR) is 82.9 cm³/mol. The molecular formula is C18H19NO3. The minimum absolute atomic E-state index is 0.0373. The first-order chi connectivity index (χ1) is 10.7. The average molecular weight is 297 g/mol. The van der Waals surface area contributed by atoms with Crippen molar-refractivity contribution in [2.24, 2.45) is 0 Å². The van der Waals surface area contributed by atoms with Crippen molar-refractivity contribution in [3.63, 3.8) is 0 Å². The number of hydrogen-bond donors (Lipinski definition) is 0. The van der Waals surface area contributed by atoms with Gasteiger partial charge in [0.05, 0.1) is 6.26 Å². The molecule has 4 nitrogen and oxygen atoms in total. The number of ketones is 1. The van der Waals surface area contributed by atoms with Gasteiger partial charge in [-0.2, -0.15) is 0 Å². The van der Waals surface area contributed by atoms with Crippen LogP contribution in [0.2, 0.25) is 0 Å². The van der Waals surface area contributed by atoms with E-state index in [1.54, 1.807) is 11.0 Å². The van der Waals surface area contributed by atoms with Gasteiger partial charge in [-0.1, -0.05) is 30.3 Å². The van der Waals surface area contributed by atoms with Crippen molar-refractivity contribution in [3.8, 4) is 0 Å². The monoisotopic (exact) mass is 297 g/mol. The van der Waals surface area contributed by atoms with Crippen LogP contribution in [-0.4, -0.2) is 29.2 Å². The molecule has 114 valence electrons. The highest BCUT2D eigenvalue weighted by atomic mass is 16.3. The normalized spacial score (nSPS) is 17.7. The molecule has 1 atom stereocenters. The van der Waals surface area contributed by atoms with Gasteiger partial charge in [0.1, 0.15) is 0 Å². The Morgan fingerprint density at radius 1 is 1.23 bits per heavy atom. The number of rotatable bonds is 4. The fourth-order valence-electron chi connectivity index (χ4n) is 2.99. The maximum Gasteiger partial charge on any atom is 0.290 e. The Hall–Kier alpha value is -2.36. The quantitative estimate of drug-likeness (QED) is 0.812. The zero-order chi connectivity index (χ0) is 15.5. The highest BCUT2D eigenvalue weighted by Crippen LogP contribution is 2.25. The summed E-state index contributed by atoms with van der Waals surface area (Å²) in [5, 5.41) is 0. The standard InChI is InChI=1S/C18H19NO3/c1-13-9-11-22-17(13)18(21)19-10-5-8-15(19)12-16(20)14-6-3-2-4-7-14/h2-4,6-7,9,11,15H,5,8,10,12H2,1H3. The molecule has 4 heteroatoms. The maximum absolute atomic E-state index is 12.6. The van der Waals surface area contributed by atoms with Crippen molar-refractivity contribution in [1.82, 2.24) is 4.90 Å². The third-order valence-corrected chi connectivity index (χ3v) is 4.21. The number of benzene rings is 1. The lowest BCUT2D eigenvalue weighted by Crippen LogP contribution is -2.37. The number of aryl methyl sites for hydroxylation is 1. The van der Waals surface area contributed by atoms with Gasteiger partial charge in [-0.15, -0.1) is 0 Å². The van der Waals surface area contributed by atoms with Gasteiger partial charge < -0.3 is 9.32 Å². The van der Waals surface area contributed by atoms with E-state index in [9.17, 15) is 9.59 Å². The van der Waals surface area contributed by atoms with E-state index in [-0.39, 0.29) is 17.7 Å². The van der Waals surface area contributed by atoms with Gasteiger partial charge in [-0.05, 0) is 25.8 Å². The molecule has 2 heterocycles. The van der Waals surface area contributed by atoms with E-state index in [4.69, 9.17) is 4.42 Å². The second kappa shape index (κ2) is 6.18. The summed E-state index contributed by atoms with van der Waals surface area (Å²) in [6.45, 7) is 2.54. The van der Waals surface area contributed by atoms with Crippen LogP contribution < -0.4 is 0 Å². The fourth-order valence-corrected chi connectivity index (χ4v) is 2.99. The van der Waals surface area contributed by atoms with Crippen molar-refractivity contribution < 1.29 is 14.0 Å². The first-order valence-corrected chi connectivity index (χ1v) is 7.60. The molecule has 0 radical (unpaired) electrons. The van der Waals surface area contributed by atoms with Crippen LogP contribution in [0.25, 0.3) is 0 Å². The molecule has 0 saturated carbocycles. The third-order valence-electron chi connectivity index (χ3n) is 4.21. The Bertz CT molecular complexity index is 675. The van der Waals surface area contributed by atoms with E-state index >= 15 is 0 Å². The molecule has 1 aliphatic rings. The molecule has 0 bridgehead atoms. The number of carbonyl (C=O) groups is 2. The van der Waals surface area contributed by atoms with Gasteiger partial charge in [-0.25, -0.2) is 0 Å². The van der Waals surface area contributed by atoms with Gasteiger partial charge >= 0.3 is 0 Å². The molecule has 1 unspecified atom stereocenters. The summed E-state index contributed by atoms with van der Waals surface area (Å²) in [6, 6.07) is 11.0. The third kappa shape index (κ3) is 2.82. The molecule has 1 aromatic carbocycles. The number of nitrogens with zero attached hydrogens (tertiary/aromatic N) is 1. The molecule has 1 amide bonds. The van der Waals surface area contributed by atoms with Gasteiger partial charge in [0.2, 0.25) is 0 Å². The van der Waals surface area contributed by atoms with E-state index in [0.717, 1.165) is 18.4 Å². The van der Waals surface area contributed by atoms with Crippen LogP contribution in [0.3, 0.4) is 0 Å². The van der Waals surface area contributed by atoms with Crippen molar-refractivity contribution in [2.45, 2.75) is 32.2 Å². The predicted octanol–water partition coefficient (Wildman–Crippen LogP) is 3.47. The SMILES string of the molecule is Cc1ccoc1C(=O)N1CCCC1CC(=O)c1ccccc1. The van der Waals surface area contributed by atoms with Crippen molar-refractivity contribution in [3.05, 3.63) is 59.5 Å². The number of amides is 1. The summed E-state index contributed by atoms with van der Waals surface area (Å²) in [5.41, 5.74) is 1.54. The van der Waals surface area contributed by atoms with Gasteiger partial charge in [-0.3, -0.25) is 9.59 Å². The van der Waals surface area contributed by atoms with E-state index in [1.807, 2.05) is 37.3 Å². The molecule has 1 saturated heterocycles. The number of carbonyl (C=O) groups excluding carboxylic acids is 2. The van der Waals surface area contributed by atoms with Gasteiger partial charge in [0, 0.05) is 30.1 Å². The lowest BCUT2D eigenvalue weighted by atomic mass is 10.0. The number of hydrogen-bond acceptors (Lipinski definition) is 3. The molecule has 0 aliphatic carbocycles. The smallest absolute Gasteiger partial charge is 0.290 e. The Kier molecular flexibility index (Phi) is 4.09. The molecule has 2 aromatic rings. The van der Waals surface area contributed by atoms with Crippen LogP contribution in [0.5, 0.6) is 0 Å². The van der Waals surface area contributed by atoms with Crippen molar-refractivity contribution in [1.29, 1.82) is 0 Å². The Labute approximate surface area is 129 Å². The van der Waals surface area contributed by atoms with Gasteiger partial charge in [0.15, 0.2) is 11.5 Å². The Morgan fingerprint density at radius 2 is 2.00 bits per heavy atom. The van der Waals surface area contributed by atoms with E-state index < -0.39 is 0 Å². The van der Waals surface area contributed by atoms with Crippen LogP contribution in [-0.2, 0) is 0 Å². The van der Waals surface area contributed by atoms with E-state index in [2.05, 4.69) is 0 Å². The van der Waals surface area contributed by atoms with Crippen LogP contribution in [0.15, 0.2) is 47.1 Å². The molecule has 3 rings (SSSR count). The Morgan fingerprint density at radius 3 is 2.68 bits per heavy atom. The van der Waals surface area contributed by atoms with Crippen molar-refractivity contribution >= 4 is 11.7 Å². The second-order valence-electron chi connectivity index (χ2n) is 5.72. The zero-order valence-corrected chi connectivity index (χ0v) is 12.6. The fraction of sp³-hybridized carbons (Fsp3) is 0.333. The van der Waals surface area contributed by atoms with Crippen molar-refractivity contribution in [2.75, 3.05) is 6.54 Å². The summed E-state index contributed by atoms with van der Waals surface area (Å²) in [5.74, 6) is 0.367. The van der Waals surface area contributed by atoms with E-state index in [0.29, 0.717) is 24.3 Å². The summed E-state index contributed by atoms with van der Waals surface area (Å²) in [4.78, 5) is 26.7. The van der Waals surface area contributed by atoms with Gasteiger partial charge in [0.25, 0.3) is 5.91 Å².